The van der Waals surface area contributed by atoms with Crippen LogP contribution in [0.2, 0.25) is 15.1 Å². The largest absolute Gasteiger partial charge is 0.478 e. The molecule has 1 aliphatic rings. The zero-order valence-electron chi connectivity index (χ0n) is 16.0. The topological polar surface area (TPSA) is 87.8 Å². The third kappa shape index (κ3) is 4.56. The molecule has 0 aliphatic carbocycles. The second-order valence-corrected chi connectivity index (χ2v) is 8.93. The first-order valence-corrected chi connectivity index (χ1v) is 11.0. The van der Waals surface area contributed by atoms with Crippen molar-refractivity contribution in [3.63, 3.8) is 0 Å². The number of hydrogen-bond acceptors (Lipinski definition) is 5. The first-order chi connectivity index (χ1) is 15.2. The number of carbonyl (C=O) groups is 3. The maximum Gasteiger partial charge on any atom is 0.337 e. The van der Waals surface area contributed by atoms with E-state index in [1.165, 1.54) is 18.2 Å². The Morgan fingerprint density at radius 1 is 1.00 bits per heavy atom. The van der Waals surface area contributed by atoms with Gasteiger partial charge < -0.3 is 9.52 Å². The molecular formula is C22H12Cl3NO5S. The lowest BCUT2D eigenvalue weighted by atomic mass is 10.1. The van der Waals surface area contributed by atoms with Gasteiger partial charge >= 0.3 is 5.97 Å². The minimum atomic E-state index is -1.15. The van der Waals surface area contributed by atoms with Gasteiger partial charge in [0, 0.05) is 11.6 Å². The third-order valence-electron chi connectivity index (χ3n) is 4.58. The highest BCUT2D eigenvalue weighted by molar-refractivity contribution is 8.18. The number of benzene rings is 2. The van der Waals surface area contributed by atoms with Crippen molar-refractivity contribution < 1.29 is 23.9 Å². The van der Waals surface area contributed by atoms with Crippen molar-refractivity contribution in [1.29, 1.82) is 0 Å². The number of hydrogen-bond donors (Lipinski definition) is 1. The average molecular weight is 509 g/mol. The first kappa shape index (κ1) is 22.5. The van der Waals surface area contributed by atoms with E-state index in [4.69, 9.17) is 39.2 Å². The molecule has 2 heterocycles. The van der Waals surface area contributed by atoms with E-state index >= 15 is 0 Å². The zero-order valence-corrected chi connectivity index (χ0v) is 19.1. The molecule has 0 unspecified atom stereocenters. The van der Waals surface area contributed by atoms with Gasteiger partial charge in [0.2, 0.25) is 0 Å². The van der Waals surface area contributed by atoms with E-state index in [9.17, 15) is 19.5 Å². The summed E-state index contributed by atoms with van der Waals surface area (Å²) in [5.74, 6) is -0.875. The smallest absolute Gasteiger partial charge is 0.337 e. The summed E-state index contributed by atoms with van der Waals surface area (Å²) in [4.78, 5) is 37.7. The summed E-state index contributed by atoms with van der Waals surface area (Å²) < 4.78 is 5.73. The number of carboxylic acid groups (broad SMARTS) is 1. The lowest BCUT2D eigenvalue weighted by Gasteiger charge is -2.12. The van der Waals surface area contributed by atoms with E-state index in [0.29, 0.717) is 32.7 Å². The normalized spacial score (nSPS) is 15.1. The predicted molar refractivity (Wildman–Crippen MR) is 124 cm³/mol. The average Bonchev–Trinajstić information content (AvgIpc) is 3.31. The highest BCUT2D eigenvalue weighted by Gasteiger charge is 2.35. The number of imide groups is 1. The molecule has 162 valence electrons. The minimum Gasteiger partial charge on any atom is -0.478 e. The van der Waals surface area contributed by atoms with Crippen molar-refractivity contribution in [2.45, 2.75) is 6.54 Å². The summed E-state index contributed by atoms with van der Waals surface area (Å²) in [6, 6.07) is 12.7. The fourth-order valence-corrected chi connectivity index (χ4v) is 4.35. The molecule has 2 amide bonds. The highest BCUT2D eigenvalue weighted by Crippen LogP contribution is 2.35. The Bertz CT molecular complexity index is 1300. The number of aromatic carboxylic acids is 1. The van der Waals surface area contributed by atoms with Crippen LogP contribution < -0.4 is 0 Å². The molecule has 32 heavy (non-hydrogen) atoms. The standard InChI is InChI=1S/C22H12Cl3NO5S/c23-15-5-2-12(8-14(15)21(28)29)18-6-3-13(31-18)9-19-20(27)26(22(30)32-19)10-11-1-4-16(24)17(25)7-11/h1-9H,10H2,(H,28,29)/b19-9-. The van der Waals surface area contributed by atoms with Gasteiger partial charge in [-0.05, 0) is 59.8 Å². The van der Waals surface area contributed by atoms with Gasteiger partial charge in [-0.15, -0.1) is 0 Å². The number of carboxylic acids is 1. The number of carbonyl (C=O) groups excluding carboxylic acids is 2. The molecule has 0 atom stereocenters. The fourth-order valence-electron chi connectivity index (χ4n) is 3.01. The first-order valence-electron chi connectivity index (χ1n) is 9.05. The quantitative estimate of drug-likeness (QED) is 0.380. The minimum absolute atomic E-state index is 0.0504. The summed E-state index contributed by atoms with van der Waals surface area (Å²) in [5, 5.41) is 9.65. The number of amides is 2. The molecule has 10 heteroatoms. The molecule has 1 aliphatic heterocycles. The zero-order chi connectivity index (χ0) is 23.0. The number of furan rings is 1. The number of thioether (sulfide) groups is 1. The van der Waals surface area contributed by atoms with Crippen molar-refractivity contribution in [2.24, 2.45) is 0 Å². The fraction of sp³-hybridized carbons (Fsp3) is 0.0455. The second-order valence-electron chi connectivity index (χ2n) is 6.72. The van der Waals surface area contributed by atoms with Crippen LogP contribution in [0.15, 0.2) is 57.9 Å². The molecule has 0 bridgehead atoms. The lowest BCUT2D eigenvalue weighted by Crippen LogP contribution is -2.27. The van der Waals surface area contributed by atoms with Gasteiger partial charge in [0.05, 0.1) is 32.1 Å². The van der Waals surface area contributed by atoms with Gasteiger partial charge in [-0.2, -0.15) is 0 Å². The Kier molecular flexibility index (Phi) is 6.35. The lowest BCUT2D eigenvalue weighted by molar-refractivity contribution is -0.123. The molecule has 1 fully saturated rings. The second kappa shape index (κ2) is 9.03. The van der Waals surface area contributed by atoms with Crippen LogP contribution in [0, 0.1) is 0 Å². The van der Waals surface area contributed by atoms with Gasteiger partial charge in [0.25, 0.3) is 11.1 Å². The van der Waals surface area contributed by atoms with Crippen LogP contribution in [0.4, 0.5) is 4.79 Å². The third-order valence-corrected chi connectivity index (χ3v) is 6.56. The molecule has 0 saturated carbocycles. The van der Waals surface area contributed by atoms with Gasteiger partial charge in [-0.1, -0.05) is 40.9 Å². The molecular weight excluding hydrogens is 497 g/mol. The molecule has 1 N–H and O–H groups in total. The van der Waals surface area contributed by atoms with Crippen LogP contribution in [-0.4, -0.2) is 27.1 Å². The number of halogens is 3. The van der Waals surface area contributed by atoms with E-state index in [1.54, 1.807) is 36.4 Å². The maximum atomic E-state index is 12.7. The van der Waals surface area contributed by atoms with Crippen molar-refractivity contribution in [3.05, 3.63) is 85.4 Å². The van der Waals surface area contributed by atoms with Crippen LogP contribution in [0.3, 0.4) is 0 Å². The molecule has 3 aromatic rings. The Morgan fingerprint density at radius 2 is 1.75 bits per heavy atom. The van der Waals surface area contributed by atoms with Crippen molar-refractivity contribution in [1.82, 2.24) is 4.90 Å². The van der Waals surface area contributed by atoms with E-state index < -0.39 is 17.1 Å². The summed E-state index contributed by atoms with van der Waals surface area (Å²) in [5.41, 5.74) is 1.13. The number of nitrogens with zero attached hydrogens (tertiary/aromatic N) is 1. The van der Waals surface area contributed by atoms with Crippen molar-refractivity contribution in [3.8, 4) is 11.3 Å². The van der Waals surface area contributed by atoms with Gasteiger partial charge in [-0.25, -0.2) is 4.79 Å². The van der Waals surface area contributed by atoms with E-state index in [0.717, 1.165) is 16.7 Å². The van der Waals surface area contributed by atoms with E-state index in [1.807, 2.05) is 0 Å². The summed E-state index contributed by atoms with van der Waals surface area (Å²) in [7, 11) is 0. The Hall–Kier alpha value is -2.71. The molecule has 2 aromatic carbocycles. The van der Waals surface area contributed by atoms with Gasteiger partial charge in [0.15, 0.2) is 0 Å². The van der Waals surface area contributed by atoms with Crippen LogP contribution in [0.5, 0.6) is 0 Å². The monoisotopic (exact) mass is 507 g/mol. The van der Waals surface area contributed by atoms with Crippen LogP contribution in [0.1, 0.15) is 21.7 Å². The van der Waals surface area contributed by atoms with Crippen LogP contribution in [0.25, 0.3) is 17.4 Å². The Morgan fingerprint density at radius 3 is 2.47 bits per heavy atom. The molecule has 0 spiro atoms. The van der Waals surface area contributed by atoms with Gasteiger partial charge in [0.1, 0.15) is 11.5 Å². The maximum absolute atomic E-state index is 12.7. The van der Waals surface area contributed by atoms with Gasteiger partial charge in [-0.3, -0.25) is 14.5 Å². The van der Waals surface area contributed by atoms with Crippen LogP contribution in [-0.2, 0) is 11.3 Å². The molecule has 1 saturated heterocycles. The molecule has 6 nitrogen and oxygen atoms in total. The van der Waals surface area contributed by atoms with Crippen LogP contribution >= 0.6 is 46.6 Å². The summed E-state index contributed by atoms with van der Waals surface area (Å²) >= 11 is 18.6. The molecule has 4 rings (SSSR count). The SMILES string of the molecule is O=C(O)c1cc(-c2ccc(/C=C3\SC(=O)N(Cc4ccc(Cl)c(Cl)c4)C3=O)o2)ccc1Cl. The van der Waals surface area contributed by atoms with E-state index in [2.05, 4.69) is 0 Å². The van der Waals surface area contributed by atoms with Crippen molar-refractivity contribution in [2.75, 3.05) is 0 Å². The Balaban J connectivity index is 1.55. The Labute approximate surface area is 201 Å². The van der Waals surface area contributed by atoms with E-state index in [-0.39, 0.29) is 22.0 Å². The highest BCUT2D eigenvalue weighted by atomic mass is 35.5. The number of rotatable bonds is 5. The summed E-state index contributed by atoms with van der Waals surface area (Å²) in [6.45, 7) is 0.0606. The predicted octanol–water partition coefficient (Wildman–Crippen LogP) is 6.84. The molecule has 0 radical (unpaired) electrons. The molecule has 1 aromatic heterocycles. The van der Waals surface area contributed by atoms with Crippen molar-refractivity contribution >= 4 is 69.8 Å². The summed E-state index contributed by atoms with van der Waals surface area (Å²) in [6.07, 6.45) is 1.47.